The first-order chi connectivity index (χ1) is 9.45. The van der Waals surface area contributed by atoms with Crippen molar-refractivity contribution in [2.45, 2.75) is 83.5 Å². The molecular weight excluding hydrogens is 228 g/mol. The van der Waals surface area contributed by atoms with Gasteiger partial charge >= 0.3 is 0 Å². The molecule has 0 aromatic carbocycles. The van der Waals surface area contributed by atoms with Crippen molar-refractivity contribution in [3.63, 3.8) is 0 Å². The van der Waals surface area contributed by atoms with Crippen molar-refractivity contribution in [3.05, 3.63) is 24.3 Å². The number of hydrogen-bond donors (Lipinski definition) is 0. The third-order valence-electron chi connectivity index (χ3n) is 4.87. The molecule has 0 radical (unpaired) electrons. The van der Waals surface area contributed by atoms with Crippen molar-refractivity contribution in [2.24, 2.45) is 11.8 Å². The minimum atomic E-state index is 0.876. The van der Waals surface area contributed by atoms with E-state index < -0.39 is 0 Å². The summed E-state index contributed by atoms with van der Waals surface area (Å²) < 4.78 is 0. The smallest absolute Gasteiger partial charge is 0.0234 e. The Morgan fingerprint density at radius 3 is 1.26 bits per heavy atom. The van der Waals surface area contributed by atoms with E-state index in [2.05, 4.69) is 24.3 Å². The van der Waals surface area contributed by atoms with Crippen molar-refractivity contribution in [1.29, 1.82) is 0 Å². The lowest BCUT2D eigenvalue weighted by Crippen LogP contribution is -1.97. The molecule has 1 saturated carbocycles. The van der Waals surface area contributed by atoms with Crippen LogP contribution in [0, 0.1) is 11.8 Å². The van der Waals surface area contributed by atoms with Gasteiger partial charge in [-0.2, -0.15) is 0 Å². The van der Waals surface area contributed by atoms with Crippen LogP contribution >= 0.6 is 0 Å². The summed E-state index contributed by atoms with van der Waals surface area (Å²) >= 11 is 0. The van der Waals surface area contributed by atoms with Crippen LogP contribution in [0.5, 0.6) is 0 Å². The van der Waals surface area contributed by atoms with Gasteiger partial charge < -0.3 is 0 Å². The number of hydrogen-bond acceptors (Lipinski definition) is 0. The number of fused-ring (bicyclic) bond motifs is 6. The summed E-state index contributed by atoms with van der Waals surface area (Å²) in [4.78, 5) is 0. The molecular formula is C19H32. The quantitative estimate of drug-likeness (QED) is 0.440. The molecule has 0 nitrogen and oxygen atoms in total. The summed E-state index contributed by atoms with van der Waals surface area (Å²) in [5, 5.41) is 0. The highest BCUT2D eigenvalue weighted by molar-refractivity contribution is 4.94. The van der Waals surface area contributed by atoms with Gasteiger partial charge in [-0.3, -0.25) is 0 Å². The summed E-state index contributed by atoms with van der Waals surface area (Å²) in [6.07, 6.45) is 28.4. The molecule has 2 rings (SSSR count). The van der Waals surface area contributed by atoms with Gasteiger partial charge in [-0.05, 0) is 50.4 Å². The maximum atomic E-state index is 2.54. The lowest BCUT2D eigenvalue weighted by atomic mass is 9.94. The predicted octanol–water partition coefficient (Wildman–Crippen LogP) is 6.43. The molecule has 19 heavy (non-hydrogen) atoms. The summed E-state index contributed by atoms with van der Waals surface area (Å²) in [6.45, 7) is 0. The molecule has 2 aliphatic carbocycles. The first kappa shape index (κ1) is 14.9. The van der Waals surface area contributed by atoms with E-state index in [1.165, 1.54) is 83.5 Å². The molecule has 0 heterocycles. The van der Waals surface area contributed by atoms with Gasteiger partial charge in [0, 0.05) is 0 Å². The van der Waals surface area contributed by atoms with E-state index in [9.17, 15) is 0 Å². The Kier molecular flexibility index (Phi) is 7.36. The van der Waals surface area contributed by atoms with Crippen LogP contribution in [0.15, 0.2) is 24.3 Å². The van der Waals surface area contributed by atoms with Crippen LogP contribution in [0.3, 0.4) is 0 Å². The molecule has 2 atom stereocenters. The Balaban J connectivity index is 2.00. The zero-order valence-corrected chi connectivity index (χ0v) is 12.7. The molecule has 1 fully saturated rings. The standard InChI is InChI=1S/C19H32/c1-2-7-13-19-15-9-4-3-8-14-18(12-6-1)16-10-5-11-17-19/h6-7,12-13,18-19H,1-5,8-11,14-17H2/b12-6+,13-7+. The first-order valence-corrected chi connectivity index (χ1v) is 8.78. The molecule has 0 amide bonds. The monoisotopic (exact) mass is 260 g/mol. The largest absolute Gasteiger partial charge is 0.0880 e. The second kappa shape index (κ2) is 9.39. The molecule has 2 bridgehead atoms. The summed E-state index contributed by atoms with van der Waals surface area (Å²) in [5.74, 6) is 1.75. The highest BCUT2D eigenvalue weighted by atomic mass is 14.1. The zero-order chi connectivity index (χ0) is 13.2. The lowest BCUT2D eigenvalue weighted by molar-refractivity contribution is 0.470. The first-order valence-electron chi connectivity index (χ1n) is 8.78. The fraction of sp³-hybridized carbons (Fsp3) is 0.789. The highest BCUT2D eigenvalue weighted by Gasteiger charge is 2.09. The highest BCUT2D eigenvalue weighted by Crippen LogP contribution is 2.25. The van der Waals surface area contributed by atoms with Crippen molar-refractivity contribution < 1.29 is 0 Å². The molecule has 0 N–H and O–H groups in total. The van der Waals surface area contributed by atoms with Crippen molar-refractivity contribution in [1.82, 2.24) is 0 Å². The normalized spacial score (nSPS) is 34.5. The summed E-state index contributed by atoms with van der Waals surface area (Å²) in [5.41, 5.74) is 0. The van der Waals surface area contributed by atoms with E-state index in [0.717, 1.165) is 11.8 Å². The van der Waals surface area contributed by atoms with Gasteiger partial charge in [-0.15, -0.1) is 0 Å². The molecule has 0 aliphatic heterocycles. The average molecular weight is 260 g/mol. The maximum absolute atomic E-state index is 2.54. The Labute approximate surface area is 120 Å². The van der Waals surface area contributed by atoms with Gasteiger partial charge in [-0.1, -0.05) is 69.2 Å². The second-order valence-corrected chi connectivity index (χ2v) is 6.58. The Bertz CT molecular complexity index is 242. The minimum absolute atomic E-state index is 0.876. The van der Waals surface area contributed by atoms with E-state index in [4.69, 9.17) is 0 Å². The molecule has 0 aromatic rings. The third kappa shape index (κ3) is 6.45. The van der Waals surface area contributed by atoms with Crippen LogP contribution < -0.4 is 0 Å². The summed E-state index contributed by atoms with van der Waals surface area (Å²) in [6, 6.07) is 0. The number of rotatable bonds is 0. The van der Waals surface area contributed by atoms with Crippen molar-refractivity contribution >= 4 is 0 Å². The molecule has 2 unspecified atom stereocenters. The fourth-order valence-electron chi connectivity index (χ4n) is 3.60. The molecule has 2 aliphatic rings. The average Bonchev–Trinajstić information content (AvgIpc) is 2.46. The van der Waals surface area contributed by atoms with Gasteiger partial charge in [0.2, 0.25) is 0 Å². The minimum Gasteiger partial charge on any atom is -0.0880 e. The van der Waals surface area contributed by atoms with Crippen LogP contribution in [-0.4, -0.2) is 0 Å². The topological polar surface area (TPSA) is 0 Å². The molecule has 0 heteroatoms. The molecule has 0 spiro atoms. The lowest BCUT2D eigenvalue weighted by Gasteiger charge is -2.12. The van der Waals surface area contributed by atoms with Gasteiger partial charge in [-0.25, -0.2) is 0 Å². The van der Waals surface area contributed by atoms with E-state index >= 15 is 0 Å². The zero-order valence-electron chi connectivity index (χ0n) is 12.7. The Morgan fingerprint density at radius 2 is 0.842 bits per heavy atom. The third-order valence-corrected chi connectivity index (χ3v) is 4.87. The van der Waals surface area contributed by atoms with E-state index in [-0.39, 0.29) is 0 Å². The van der Waals surface area contributed by atoms with Crippen LogP contribution in [0.2, 0.25) is 0 Å². The van der Waals surface area contributed by atoms with Gasteiger partial charge in [0.05, 0.1) is 0 Å². The molecule has 0 aromatic heterocycles. The number of allylic oxidation sites excluding steroid dienone is 4. The predicted molar refractivity (Wildman–Crippen MR) is 85.3 cm³/mol. The van der Waals surface area contributed by atoms with Crippen molar-refractivity contribution in [3.8, 4) is 0 Å². The van der Waals surface area contributed by atoms with Gasteiger partial charge in [0.15, 0.2) is 0 Å². The Hall–Kier alpha value is -0.520. The maximum Gasteiger partial charge on any atom is -0.0234 e. The van der Waals surface area contributed by atoms with Crippen LogP contribution in [-0.2, 0) is 0 Å². The van der Waals surface area contributed by atoms with Gasteiger partial charge in [0.25, 0.3) is 0 Å². The molecule has 0 saturated heterocycles. The van der Waals surface area contributed by atoms with E-state index in [1.807, 2.05) is 0 Å². The molecule has 108 valence electrons. The van der Waals surface area contributed by atoms with E-state index in [1.54, 1.807) is 0 Å². The Morgan fingerprint density at radius 1 is 0.474 bits per heavy atom. The van der Waals surface area contributed by atoms with Crippen LogP contribution in [0.4, 0.5) is 0 Å². The van der Waals surface area contributed by atoms with Crippen LogP contribution in [0.25, 0.3) is 0 Å². The van der Waals surface area contributed by atoms with Gasteiger partial charge in [0.1, 0.15) is 0 Å². The van der Waals surface area contributed by atoms with E-state index in [0.29, 0.717) is 0 Å². The second-order valence-electron chi connectivity index (χ2n) is 6.58. The SMILES string of the molecule is C1=C/C2CCCCCCC(/C=C/CC/1)CCCCC2. The summed E-state index contributed by atoms with van der Waals surface area (Å²) in [7, 11) is 0. The van der Waals surface area contributed by atoms with Crippen molar-refractivity contribution in [2.75, 3.05) is 0 Å². The van der Waals surface area contributed by atoms with Crippen LogP contribution in [0.1, 0.15) is 83.5 Å². The fourth-order valence-corrected chi connectivity index (χ4v) is 3.60.